The molecule has 8 nitrogen and oxygen atoms in total. The summed E-state index contributed by atoms with van der Waals surface area (Å²) in [5.74, 6) is 1.12. The van der Waals surface area contributed by atoms with E-state index >= 15 is 0 Å². The highest BCUT2D eigenvalue weighted by Gasteiger charge is 2.18. The van der Waals surface area contributed by atoms with E-state index in [1.54, 1.807) is 47.4 Å². The Labute approximate surface area is 175 Å². The van der Waals surface area contributed by atoms with Crippen LogP contribution in [0.4, 0.5) is 5.69 Å². The summed E-state index contributed by atoms with van der Waals surface area (Å²) < 4.78 is 21.6. The number of amides is 2. The maximum Gasteiger partial charge on any atom is 0.260 e. The molecule has 0 unspecified atom stereocenters. The first-order chi connectivity index (χ1) is 14.6. The standard InChI is InChI=1S/C22H26N2O6/c1-3-29-18-7-5-17(6-8-18)23-22(26)16-4-9-19(20(14-16)27-2)30-15-21(25)24-10-12-28-13-11-24/h4-9,14H,3,10-13,15H2,1-2H3,(H,23,26). The van der Waals surface area contributed by atoms with Crippen LogP contribution < -0.4 is 19.5 Å². The Morgan fingerprint density at radius 3 is 2.43 bits per heavy atom. The van der Waals surface area contributed by atoms with Crippen molar-refractivity contribution in [2.24, 2.45) is 0 Å². The van der Waals surface area contributed by atoms with Gasteiger partial charge in [-0.25, -0.2) is 0 Å². The van der Waals surface area contributed by atoms with Crippen LogP contribution in [0.3, 0.4) is 0 Å². The maximum absolute atomic E-state index is 12.6. The SMILES string of the molecule is CCOc1ccc(NC(=O)c2ccc(OCC(=O)N3CCOCC3)c(OC)c2)cc1. The average molecular weight is 414 g/mol. The highest BCUT2D eigenvalue weighted by molar-refractivity contribution is 6.04. The highest BCUT2D eigenvalue weighted by atomic mass is 16.5. The molecule has 3 rings (SSSR count). The van der Waals surface area contributed by atoms with Gasteiger partial charge in [-0.15, -0.1) is 0 Å². The lowest BCUT2D eigenvalue weighted by Gasteiger charge is -2.26. The van der Waals surface area contributed by atoms with Crippen LogP contribution in [0.1, 0.15) is 17.3 Å². The second-order valence-electron chi connectivity index (χ2n) is 6.56. The number of carbonyl (C=O) groups excluding carboxylic acids is 2. The van der Waals surface area contributed by atoms with Gasteiger partial charge in [0.25, 0.3) is 11.8 Å². The fraction of sp³-hybridized carbons (Fsp3) is 0.364. The molecule has 1 N–H and O–H groups in total. The van der Waals surface area contributed by atoms with E-state index in [-0.39, 0.29) is 18.4 Å². The number of methoxy groups -OCH3 is 1. The van der Waals surface area contributed by atoms with E-state index in [0.29, 0.717) is 55.7 Å². The van der Waals surface area contributed by atoms with Crippen LogP contribution in [0.5, 0.6) is 17.2 Å². The molecule has 30 heavy (non-hydrogen) atoms. The molecule has 1 heterocycles. The molecule has 160 valence electrons. The Morgan fingerprint density at radius 2 is 1.77 bits per heavy atom. The number of hydrogen-bond donors (Lipinski definition) is 1. The smallest absolute Gasteiger partial charge is 0.260 e. The summed E-state index contributed by atoms with van der Waals surface area (Å²) in [4.78, 5) is 26.5. The number of anilines is 1. The predicted molar refractivity (Wildman–Crippen MR) is 111 cm³/mol. The van der Waals surface area contributed by atoms with Gasteiger partial charge in [-0.1, -0.05) is 0 Å². The van der Waals surface area contributed by atoms with Crippen molar-refractivity contribution < 1.29 is 28.5 Å². The fourth-order valence-corrected chi connectivity index (χ4v) is 2.98. The zero-order valence-corrected chi connectivity index (χ0v) is 17.2. The van der Waals surface area contributed by atoms with Crippen LogP contribution >= 0.6 is 0 Å². The van der Waals surface area contributed by atoms with Gasteiger partial charge >= 0.3 is 0 Å². The van der Waals surface area contributed by atoms with Gasteiger partial charge in [0.05, 0.1) is 26.9 Å². The van der Waals surface area contributed by atoms with Crippen LogP contribution in [0.2, 0.25) is 0 Å². The second kappa shape index (κ2) is 10.5. The van der Waals surface area contributed by atoms with Crippen LogP contribution in [0.25, 0.3) is 0 Å². The van der Waals surface area contributed by atoms with Gasteiger partial charge in [0, 0.05) is 24.3 Å². The van der Waals surface area contributed by atoms with Crippen molar-refractivity contribution in [3.05, 3.63) is 48.0 Å². The monoisotopic (exact) mass is 414 g/mol. The van der Waals surface area contributed by atoms with Crippen molar-refractivity contribution in [3.8, 4) is 17.2 Å². The molecule has 8 heteroatoms. The van der Waals surface area contributed by atoms with Crippen LogP contribution in [0, 0.1) is 0 Å². The Balaban J connectivity index is 1.61. The minimum Gasteiger partial charge on any atom is -0.494 e. The van der Waals surface area contributed by atoms with Gasteiger partial charge in [-0.05, 0) is 49.4 Å². The number of hydrogen-bond acceptors (Lipinski definition) is 6. The van der Waals surface area contributed by atoms with E-state index < -0.39 is 0 Å². The number of carbonyl (C=O) groups is 2. The average Bonchev–Trinajstić information content (AvgIpc) is 2.79. The van der Waals surface area contributed by atoms with Crippen LogP contribution in [0.15, 0.2) is 42.5 Å². The minimum atomic E-state index is -0.284. The largest absolute Gasteiger partial charge is 0.494 e. The third-order valence-electron chi connectivity index (χ3n) is 4.56. The van der Waals surface area contributed by atoms with Crippen molar-refractivity contribution >= 4 is 17.5 Å². The Kier molecular flexibility index (Phi) is 7.51. The molecular formula is C22H26N2O6. The molecule has 0 spiro atoms. The number of benzene rings is 2. The molecular weight excluding hydrogens is 388 g/mol. The lowest BCUT2D eigenvalue weighted by Crippen LogP contribution is -2.43. The number of rotatable bonds is 8. The lowest BCUT2D eigenvalue weighted by molar-refractivity contribution is -0.137. The van der Waals surface area contributed by atoms with Crippen LogP contribution in [-0.4, -0.2) is 63.3 Å². The molecule has 0 radical (unpaired) electrons. The van der Waals surface area contributed by atoms with Gasteiger partial charge in [0.1, 0.15) is 5.75 Å². The van der Waals surface area contributed by atoms with Crippen molar-refractivity contribution in [1.82, 2.24) is 4.90 Å². The quantitative estimate of drug-likeness (QED) is 0.715. The second-order valence-corrected chi connectivity index (χ2v) is 6.56. The van der Waals surface area contributed by atoms with Gasteiger partial charge in [-0.3, -0.25) is 9.59 Å². The molecule has 2 aromatic carbocycles. The van der Waals surface area contributed by atoms with Gasteiger partial charge in [0.15, 0.2) is 18.1 Å². The van der Waals surface area contributed by atoms with Crippen molar-refractivity contribution in [2.45, 2.75) is 6.92 Å². The number of nitrogens with one attached hydrogen (secondary N) is 1. The summed E-state index contributed by atoms with van der Waals surface area (Å²) in [6.45, 7) is 4.58. The molecule has 0 saturated carbocycles. The zero-order chi connectivity index (χ0) is 21.3. The third-order valence-corrected chi connectivity index (χ3v) is 4.56. The Hall–Kier alpha value is -3.26. The minimum absolute atomic E-state index is 0.103. The van der Waals surface area contributed by atoms with E-state index in [0.717, 1.165) is 5.75 Å². The first-order valence-corrected chi connectivity index (χ1v) is 9.81. The third kappa shape index (κ3) is 5.64. The summed E-state index contributed by atoms with van der Waals surface area (Å²) in [6, 6.07) is 12.0. The van der Waals surface area contributed by atoms with Gasteiger partial charge < -0.3 is 29.2 Å². The van der Waals surface area contributed by atoms with E-state index in [9.17, 15) is 9.59 Å². The van der Waals surface area contributed by atoms with Crippen molar-refractivity contribution in [2.75, 3.05) is 51.9 Å². The highest BCUT2D eigenvalue weighted by Crippen LogP contribution is 2.28. The van der Waals surface area contributed by atoms with E-state index in [1.807, 2.05) is 6.92 Å². The molecule has 0 atom stereocenters. The number of nitrogens with zero attached hydrogens (tertiary/aromatic N) is 1. The van der Waals surface area contributed by atoms with E-state index in [4.69, 9.17) is 18.9 Å². The number of ether oxygens (including phenoxy) is 4. The summed E-state index contributed by atoms with van der Waals surface area (Å²) in [7, 11) is 1.49. The zero-order valence-electron chi connectivity index (χ0n) is 17.2. The number of morpholine rings is 1. The molecule has 2 amide bonds. The molecule has 0 aromatic heterocycles. The molecule has 0 bridgehead atoms. The molecule has 0 aliphatic carbocycles. The van der Waals surface area contributed by atoms with Crippen LogP contribution in [-0.2, 0) is 9.53 Å². The molecule has 1 aliphatic heterocycles. The molecule has 2 aromatic rings. The van der Waals surface area contributed by atoms with Gasteiger partial charge in [-0.2, -0.15) is 0 Å². The first-order valence-electron chi connectivity index (χ1n) is 9.81. The predicted octanol–water partition coefficient (Wildman–Crippen LogP) is 2.58. The molecule has 1 saturated heterocycles. The Bertz CT molecular complexity index is 862. The fourth-order valence-electron chi connectivity index (χ4n) is 2.98. The van der Waals surface area contributed by atoms with Gasteiger partial charge in [0.2, 0.25) is 0 Å². The topological polar surface area (TPSA) is 86.3 Å². The van der Waals surface area contributed by atoms with Crippen molar-refractivity contribution in [3.63, 3.8) is 0 Å². The van der Waals surface area contributed by atoms with E-state index in [1.165, 1.54) is 7.11 Å². The first kappa shape index (κ1) is 21.4. The summed E-state index contributed by atoms with van der Waals surface area (Å²) >= 11 is 0. The van der Waals surface area contributed by atoms with Crippen molar-refractivity contribution in [1.29, 1.82) is 0 Å². The molecule has 1 fully saturated rings. The maximum atomic E-state index is 12.6. The molecule has 1 aliphatic rings. The summed E-state index contributed by atoms with van der Waals surface area (Å²) in [5.41, 5.74) is 1.06. The normalized spacial score (nSPS) is 13.5. The lowest BCUT2D eigenvalue weighted by atomic mass is 10.1. The summed E-state index contributed by atoms with van der Waals surface area (Å²) in [5, 5.41) is 2.83. The summed E-state index contributed by atoms with van der Waals surface area (Å²) in [6.07, 6.45) is 0. The van der Waals surface area contributed by atoms with E-state index in [2.05, 4.69) is 5.32 Å². The Morgan fingerprint density at radius 1 is 1.03 bits per heavy atom.